The quantitative estimate of drug-likeness (QED) is 0.709. The van der Waals surface area contributed by atoms with Gasteiger partial charge in [-0.3, -0.25) is 14.5 Å². The van der Waals surface area contributed by atoms with Gasteiger partial charge in [0.25, 0.3) is 5.91 Å². The second-order valence-electron chi connectivity index (χ2n) is 7.28. The van der Waals surface area contributed by atoms with Crippen molar-refractivity contribution in [1.29, 1.82) is 0 Å². The van der Waals surface area contributed by atoms with Gasteiger partial charge in [-0.05, 0) is 43.3 Å². The van der Waals surface area contributed by atoms with E-state index in [2.05, 4.69) is 5.32 Å². The van der Waals surface area contributed by atoms with E-state index >= 15 is 0 Å². The van der Waals surface area contributed by atoms with Gasteiger partial charge >= 0.3 is 0 Å². The summed E-state index contributed by atoms with van der Waals surface area (Å²) in [5, 5.41) is 4.33. The molecule has 1 aromatic heterocycles. The summed E-state index contributed by atoms with van der Waals surface area (Å²) in [7, 11) is 0. The molecule has 1 N–H and O–H groups in total. The van der Waals surface area contributed by atoms with Gasteiger partial charge in [0.2, 0.25) is 5.91 Å². The third-order valence-electron chi connectivity index (χ3n) is 5.05. The Labute approximate surface area is 174 Å². The predicted octanol–water partition coefficient (Wildman–Crippen LogP) is 3.79. The SMILES string of the molecule is Cc1ccc(NC(=O)CN2CCN(C(=O)c3cc4cc(Cl)ccc4o3)CC2)cc1. The highest BCUT2D eigenvalue weighted by molar-refractivity contribution is 6.31. The monoisotopic (exact) mass is 411 g/mol. The second kappa shape index (κ2) is 8.27. The molecule has 0 bridgehead atoms. The van der Waals surface area contributed by atoms with E-state index in [0.717, 1.165) is 16.6 Å². The molecule has 0 spiro atoms. The van der Waals surface area contributed by atoms with Crippen LogP contribution < -0.4 is 5.32 Å². The number of hydrogen-bond donors (Lipinski definition) is 1. The number of rotatable bonds is 4. The van der Waals surface area contributed by atoms with E-state index < -0.39 is 0 Å². The molecule has 0 saturated carbocycles. The zero-order valence-corrected chi connectivity index (χ0v) is 16.9. The molecule has 6 nitrogen and oxygen atoms in total. The Kier molecular flexibility index (Phi) is 5.56. The van der Waals surface area contributed by atoms with Gasteiger partial charge in [-0.25, -0.2) is 0 Å². The smallest absolute Gasteiger partial charge is 0.289 e. The summed E-state index contributed by atoms with van der Waals surface area (Å²) < 4.78 is 5.68. The highest BCUT2D eigenvalue weighted by atomic mass is 35.5. The van der Waals surface area contributed by atoms with Crippen LogP contribution in [0.15, 0.2) is 52.9 Å². The Hall–Kier alpha value is -2.83. The van der Waals surface area contributed by atoms with Gasteiger partial charge in [-0.1, -0.05) is 29.3 Å². The first-order chi connectivity index (χ1) is 14.0. The van der Waals surface area contributed by atoms with Crippen molar-refractivity contribution >= 4 is 40.1 Å². The van der Waals surface area contributed by atoms with Crippen LogP contribution in [0.2, 0.25) is 5.02 Å². The highest BCUT2D eigenvalue weighted by Crippen LogP contribution is 2.24. The van der Waals surface area contributed by atoms with Gasteiger partial charge in [0.05, 0.1) is 6.54 Å². The van der Waals surface area contributed by atoms with Crippen LogP contribution in [0.4, 0.5) is 5.69 Å². The Morgan fingerprint density at radius 1 is 1.03 bits per heavy atom. The molecule has 4 rings (SSSR count). The number of carbonyl (C=O) groups is 2. The lowest BCUT2D eigenvalue weighted by Crippen LogP contribution is -2.50. The number of fused-ring (bicyclic) bond motifs is 1. The van der Waals surface area contributed by atoms with E-state index in [4.69, 9.17) is 16.0 Å². The van der Waals surface area contributed by atoms with E-state index in [1.54, 1.807) is 29.2 Å². The van der Waals surface area contributed by atoms with Gasteiger partial charge in [-0.15, -0.1) is 0 Å². The van der Waals surface area contributed by atoms with Crippen LogP contribution in [0.5, 0.6) is 0 Å². The molecule has 3 aromatic rings. The van der Waals surface area contributed by atoms with Crippen molar-refractivity contribution in [2.24, 2.45) is 0 Å². The second-order valence-corrected chi connectivity index (χ2v) is 7.71. The summed E-state index contributed by atoms with van der Waals surface area (Å²) in [5.74, 6) is 0.122. The lowest BCUT2D eigenvalue weighted by molar-refractivity contribution is -0.117. The van der Waals surface area contributed by atoms with Gasteiger partial charge in [0.1, 0.15) is 5.58 Å². The molecular weight excluding hydrogens is 390 g/mol. The number of nitrogens with one attached hydrogen (secondary N) is 1. The first kappa shape index (κ1) is 19.5. The van der Waals surface area contributed by atoms with Crippen LogP contribution in [0.25, 0.3) is 11.0 Å². The van der Waals surface area contributed by atoms with Crippen molar-refractivity contribution < 1.29 is 14.0 Å². The number of hydrogen-bond acceptors (Lipinski definition) is 4. The van der Waals surface area contributed by atoms with E-state index in [-0.39, 0.29) is 11.8 Å². The third kappa shape index (κ3) is 4.60. The molecule has 2 aromatic carbocycles. The van der Waals surface area contributed by atoms with Crippen LogP contribution in [0.3, 0.4) is 0 Å². The van der Waals surface area contributed by atoms with Gasteiger partial charge in [-0.2, -0.15) is 0 Å². The summed E-state index contributed by atoms with van der Waals surface area (Å²) >= 11 is 6.00. The molecule has 7 heteroatoms. The molecule has 0 aliphatic carbocycles. The maximum atomic E-state index is 12.8. The fraction of sp³-hybridized carbons (Fsp3) is 0.273. The van der Waals surface area contributed by atoms with Gasteiger partial charge in [0, 0.05) is 42.3 Å². The minimum atomic E-state index is -0.138. The van der Waals surface area contributed by atoms with E-state index in [1.165, 1.54) is 0 Å². The summed E-state index contributed by atoms with van der Waals surface area (Å²) in [6.07, 6.45) is 0. The Balaban J connectivity index is 1.30. The fourth-order valence-electron chi connectivity index (χ4n) is 3.43. The summed E-state index contributed by atoms with van der Waals surface area (Å²) in [4.78, 5) is 28.8. The number of amides is 2. The number of anilines is 1. The molecule has 0 radical (unpaired) electrons. The molecule has 1 saturated heterocycles. The molecule has 2 heterocycles. The van der Waals surface area contributed by atoms with Crippen molar-refractivity contribution in [3.8, 4) is 0 Å². The third-order valence-corrected chi connectivity index (χ3v) is 5.29. The summed E-state index contributed by atoms with van der Waals surface area (Å²) in [6.45, 7) is 4.69. The largest absolute Gasteiger partial charge is 0.451 e. The summed E-state index contributed by atoms with van der Waals surface area (Å²) in [6, 6.07) is 14.7. The van der Waals surface area contributed by atoms with Crippen molar-refractivity contribution in [3.05, 3.63) is 64.9 Å². The Bertz CT molecular complexity index is 1040. The van der Waals surface area contributed by atoms with Crippen LogP contribution in [-0.4, -0.2) is 54.3 Å². The first-order valence-electron chi connectivity index (χ1n) is 9.55. The fourth-order valence-corrected chi connectivity index (χ4v) is 3.61. The number of furan rings is 1. The lowest BCUT2D eigenvalue weighted by Gasteiger charge is -2.33. The number of halogens is 1. The van der Waals surface area contributed by atoms with Crippen molar-refractivity contribution in [3.63, 3.8) is 0 Å². The zero-order chi connectivity index (χ0) is 20.4. The van der Waals surface area contributed by atoms with Crippen LogP contribution in [0, 0.1) is 6.92 Å². The summed E-state index contributed by atoms with van der Waals surface area (Å²) in [5.41, 5.74) is 2.58. The number of piperazine rings is 1. The minimum absolute atomic E-state index is 0.0530. The molecular formula is C22H22ClN3O3. The van der Waals surface area contributed by atoms with Crippen LogP contribution in [-0.2, 0) is 4.79 Å². The number of aryl methyl sites for hydroxylation is 1. The predicted molar refractivity (Wildman–Crippen MR) is 113 cm³/mol. The number of nitrogens with zero attached hydrogens (tertiary/aromatic N) is 2. The van der Waals surface area contributed by atoms with Crippen molar-refractivity contribution in [2.75, 3.05) is 38.0 Å². The average molecular weight is 412 g/mol. The van der Waals surface area contributed by atoms with Gasteiger partial charge < -0.3 is 14.6 Å². The topological polar surface area (TPSA) is 65.8 Å². The zero-order valence-electron chi connectivity index (χ0n) is 16.2. The number of carbonyl (C=O) groups excluding carboxylic acids is 2. The molecule has 2 amide bonds. The highest BCUT2D eigenvalue weighted by Gasteiger charge is 2.25. The maximum absolute atomic E-state index is 12.8. The Morgan fingerprint density at radius 3 is 2.48 bits per heavy atom. The minimum Gasteiger partial charge on any atom is -0.451 e. The van der Waals surface area contributed by atoms with Crippen molar-refractivity contribution in [1.82, 2.24) is 9.80 Å². The molecule has 150 valence electrons. The molecule has 0 atom stereocenters. The first-order valence-corrected chi connectivity index (χ1v) is 9.93. The normalized spacial score (nSPS) is 14.9. The number of benzene rings is 2. The Morgan fingerprint density at radius 2 is 1.76 bits per heavy atom. The van der Waals surface area contributed by atoms with Crippen LogP contribution >= 0.6 is 11.6 Å². The van der Waals surface area contributed by atoms with E-state index in [9.17, 15) is 9.59 Å². The van der Waals surface area contributed by atoms with E-state index in [0.29, 0.717) is 49.1 Å². The molecule has 1 aliphatic rings. The molecule has 1 fully saturated rings. The van der Waals surface area contributed by atoms with E-state index in [1.807, 2.05) is 36.1 Å². The average Bonchev–Trinajstić information content (AvgIpc) is 3.13. The maximum Gasteiger partial charge on any atom is 0.289 e. The van der Waals surface area contributed by atoms with Crippen LogP contribution in [0.1, 0.15) is 16.1 Å². The molecule has 0 unspecified atom stereocenters. The lowest BCUT2D eigenvalue weighted by atomic mass is 10.2. The molecule has 29 heavy (non-hydrogen) atoms. The van der Waals surface area contributed by atoms with Crippen molar-refractivity contribution in [2.45, 2.75) is 6.92 Å². The standard InChI is InChI=1S/C22H22ClN3O3/c1-15-2-5-18(6-3-15)24-21(27)14-25-8-10-26(11-9-25)22(28)20-13-16-12-17(23)4-7-19(16)29-20/h2-7,12-13H,8-11,14H2,1H3,(H,24,27). The van der Waals surface area contributed by atoms with Gasteiger partial charge in [0.15, 0.2) is 5.76 Å². The molecule has 1 aliphatic heterocycles.